The molecule has 0 unspecified atom stereocenters. The first-order valence-corrected chi connectivity index (χ1v) is 12.6. The number of alkyl halides is 2. The number of hydrogen-bond donors (Lipinski definition) is 1. The zero-order chi connectivity index (χ0) is 26.3. The number of pyridine rings is 1. The molecule has 4 rings (SSSR count). The number of fused-ring (bicyclic) bond motifs is 1. The molecule has 1 aliphatic heterocycles. The van der Waals surface area contributed by atoms with Crippen molar-refractivity contribution in [3.8, 4) is 5.75 Å². The normalized spacial score (nSPS) is 13.6. The highest BCUT2D eigenvalue weighted by Crippen LogP contribution is 2.42. The first kappa shape index (κ1) is 25.6. The number of benzene rings is 2. The lowest BCUT2D eigenvalue weighted by Crippen LogP contribution is -2.30. The second kappa shape index (κ2) is 9.51. The average Bonchev–Trinajstić information content (AvgIpc) is 2.83. The summed E-state index contributed by atoms with van der Waals surface area (Å²) in [4.78, 5) is 16.3. The fourth-order valence-electron chi connectivity index (χ4n) is 3.74. The van der Waals surface area contributed by atoms with Crippen molar-refractivity contribution in [3.05, 3.63) is 74.9 Å². The summed E-state index contributed by atoms with van der Waals surface area (Å²) < 4.78 is 63.2. The molecule has 0 atom stereocenters. The van der Waals surface area contributed by atoms with E-state index in [2.05, 4.69) is 9.71 Å². The van der Waals surface area contributed by atoms with Crippen LogP contribution in [-0.4, -0.2) is 31.5 Å². The van der Waals surface area contributed by atoms with Gasteiger partial charge in [-0.25, -0.2) is 22.2 Å². The summed E-state index contributed by atoms with van der Waals surface area (Å²) >= 11 is 5.93. The molecular weight excluding hydrogens is 518 g/mol. The van der Waals surface area contributed by atoms with E-state index in [0.29, 0.717) is 11.3 Å². The smallest absolute Gasteiger partial charge is 0.274 e. The molecule has 0 amide bonds. The second-order valence-electron chi connectivity index (χ2n) is 8.10. The Balaban J connectivity index is 1.75. The fraction of sp³-hybridized carbons (Fsp3) is 0.261. The van der Waals surface area contributed by atoms with Crippen molar-refractivity contribution in [1.29, 1.82) is 0 Å². The number of non-ortho nitro benzene ring substituents is 1. The maximum absolute atomic E-state index is 14.3. The van der Waals surface area contributed by atoms with E-state index in [1.165, 1.54) is 31.3 Å². The van der Waals surface area contributed by atoms with E-state index in [4.69, 9.17) is 16.3 Å². The summed E-state index contributed by atoms with van der Waals surface area (Å²) in [6.45, 7) is 3.44. The van der Waals surface area contributed by atoms with Crippen LogP contribution in [0.2, 0.25) is 5.02 Å². The van der Waals surface area contributed by atoms with Crippen LogP contribution in [0, 0.1) is 17.0 Å². The third kappa shape index (κ3) is 4.91. The molecule has 1 N–H and O–H groups in total. The van der Waals surface area contributed by atoms with E-state index in [9.17, 15) is 27.3 Å². The summed E-state index contributed by atoms with van der Waals surface area (Å²) in [7, 11) is -4.32. The monoisotopic (exact) mass is 538 g/mol. The largest absolute Gasteiger partial charge is 0.489 e. The van der Waals surface area contributed by atoms with E-state index in [1.54, 1.807) is 17.9 Å². The van der Waals surface area contributed by atoms with Gasteiger partial charge >= 0.3 is 0 Å². The lowest BCUT2D eigenvalue weighted by molar-refractivity contribution is -0.384. The van der Waals surface area contributed by atoms with Crippen molar-refractivity contribution < 1.29 is 26.9 Å². The van der Waals surface area contributed by atoms with E-state index in [-0.39, 0.29) is 46.0 Å². The van der Waals surface area contributed by atoms with Gasteiger partial charge in [-0.3, -0.25) is 14.8 Å². The summed E-state index contributed by atoms with van der Waals surface area (Å²) in [6, 6.07) is 8.76. The molecule has 0 bridgehead atoms. The molecule has 0 saturated carbocycles. The lowest BCUT2D eigenvalue weighted by Gasteiger charge is -2.31. The molecule has 2 aromatic carbocycles. The van der Waals surface area contributed by atoms with E-state index in [1.807, 2.05) is 0 Å². The topological polar surface area (TPSA) is 115 Å². The highest BCUT2D eigenvalue weighted by Gasteiger charge is 2.33. The molecular formula is C23H21ClF2N4O5S. The first-order chi connectivity index (χ1) is 16.9. The van der Waals surface area contributed by atoms with Gasteiger partial charge in [0.25, 0.3) is 21.6 Å². The summed E-state index contributed by atoms with van der Waals surface area (Å²) in [5, 5.41) is 10.9. The maximum Gasteiger partial charge on any atom is 0.274 e. The van der Waals surface area contributed by atoms with Gasteiger partial charge in [0, 0.05) is 29.3 Å². The van der Waals surface area contributed by atoms with Crippen LogP contribution in [-0.2, 0) is 15.9 Å². The number of nitrogens with one attached hydrogen (secondary N) is 1. The van der Waals surface area contributed by atoms with Crippen LogP contribution < -0.4 is 14.4 Å². The number of nitro groups is 1. The van der Waals surface area contributed by atoms with Crippen molar-refractivity contribution >= 4 is 44.5 Å². The van der Waals surface area contributed by atoms with E-state index in [0.717, 1.165) is 18.2 Å². The highest BCUT2D eigenvalue weighted by atomic mass is 35.5. The van der Waals surface area contributed by atoms with Crippen LogP contribution in [0.4, 0.5) is 31.7 Å². The van der Waals surface area contributed by atoms with Crippen LogP contribution >= 0.6 is 11.6 Å². The molecule has 1 aliphatic rings. The molecule has 13 heteroatoms. The third-order valence-electron chi connectivity index (χ3n) is 5.61. The highest BCUT2D eigenvalue weighted by molar-refractivity contribution is 7.92. The Bertz CT molecular complexity index is 1450. The van der Waals surface area contributed by atoms with Crippen molar-refractivity contribution in [3.63, 3.8) is 0 Å². The standard InChI is InChI=1S/C23H21ClF2N4O5S/c1-3-23(25,26)17-12-16(5-6-18(17)24)36(33,34)28-19-10-14(2)13-27-22(19)29-8-9-35-21-11-15(30(31)32)4-7-20(21)29/h4-7,10-13,28H,3,8-9H2,1-2H3. The van der Waals surface area contributed by atoms with Gasteiger partial charge in [-0.2, -0.15) is 0 Å². The minimum atomic E-state index is -4.32. The number of rotatable bonds is 7. The molecule has 1 aromatic heterocycles. The number of aryl methyl sites for hydroxylation is 1. The SMILES string of the molecule is CCC(F)(F)c1cc(S(=O)(=O)Nc2cc(C)cnc2N2CCOc3cc([N+](=O)[O-])ccc32)ccc1Cl. The van der Waals surface area contributed by atoms with Crippen LogP contribution in [0.3, 0.4) is 0 Å². The number of anilines is 3. The number of aromatic nitrogens is 1. The van der Waals surface area contributed by atoms with Gasteiger partial charge in [-0.15, -0.1) is 0 Å². The van der Waals surface area contributed by atoms with Crippen LogP contribution in [0.25, 0.3) is 0 Å². The summed E-state index contributed by atoms with van der Waals surface area (Å²) in [6.07, 6.45) is 0.986. The Hall–Kier alpha value is -3.51. The van der Waals surface area contributed by atoms with Gasteiger partial charge in [-0.05, 0) is 42.8 Å². The number of nitro benzene ring substituents is 1. The van der Waals surface area contributed by atoms with E-state index < -0.39 is 32.9 Å². The van der Waals surface area contributed by atoms with Crippen LogP contribution in [0.5, 0.6) is 5.75 Å². The minimum Gasteiger partial charge on any atom is -0.489 e. The molecule has 0 spiro atoms. The molecule has 0 radical (unpaired) electrons. The van der Waals surface area contributed by atoms with Crippen molar-refractivity contribution in [2.75, 3.05) is 22.8 Å². The molecule has 3 aromatic rings. The van der Waals surface area contributed by atoms with Gasteiger partial charge in [0.05, 0.1) is 33.8 Å². The molecule has 0 fully saturated rings. The Labute approximate surface area is 210 Å². The number of ether oxygens (including phenoxy) is 1. The second-order valence-corrected chi connectivity index (χ2v) is 10.2. The van der Waals surface area contributed by atoms with Crippen molar-refractivity contribution in [1.82, 2.24) is 4.98 Å². The molecule has 2 heterocycles. The summed E-state index contributed by atoms with van der Waals surface area (Å²) in [5.41, 5.74) is 0.458. The summed E-state index contributed by atoms with van der Waals surface area (Å²) in [5.74, 6) is -2.84. The van der Waals surface area contributed by atoms with Gasteiger partial charge in [0.2, 0.25) is 0 Å². The maximum atomic E-state index is 14.3. The predicted molar refractivity (Wildman–Crippen MR) is 131 cm³/mol. The van der Waals surface area contributed by atoms with Crippen LogP contribution in [0.15, 0.2) is 53.6 Å². The quantitative estimate of drug-likeness (QED) is 0.299. The Morgan fingerprint density at radius 2 is 2.00 bits per heavy atom. The Morgan fingerprint density at radius 3 is 2.69 bits per heavy atom. The third-order valence-corrected chi connectivity index (χ3v) is 7.30. The lowest BCUT2D eigenvalue weighted by atomic mass is 10.1. The zero-order valence-corrected chi connectivity index (χ0v) is 20.7. The zero-order valence-electron chi connectivity index (χ0n) is 19.2. The predicted octanol–water partition coefficient (Wildman–Crippen LogP) is 5.78. The molecule has 9 nitrogen and oxygen atoms in total. The van der Waals surface area contributed by atoms with Gasteiger partial charge in [0.1, 0.15) is 12.4 Å². The van der Waals surface area contributed by atoms with Gasteiger partial charge < -0.3 is 9.64 Å². The number of hydrogen-bond acceptors (Lipinski definition) is 7. The van der Waals surface area contributed by atoms with Crippen molar-refractivity contribution in [2.24, 2.45) is 0 Å². The Morgan fingerprint density at radius 1 is 1.25 bits per heavy atom. The fourth-order valence-corrected chi connectivity index (χ4v) is 5.07. The van der Waals surface area contributed by atoms with Crippen molar-refractivity contribution in [2.45, 2.75) is 31.1 Å². The number of halogens is 3. The number of sulfonamides is 1. The van der Waals surface area contributed by atoms with Crippen LogP contribution in [0.1, 0.15) is 24.5 Å². The van der Waals surface area contributed by atoms with Gasteiger partial charge in [-0.1, -0.05) is 18.5 Å². The molecule has 36 heavy (non-hydrogen) atoms. The molecule has 0 saturated heterocycles. The molecule has 0 aliphatic carbocycles. The molecule has 190 valence electrons. The average molecular weight is 539 g/mol. The Kier molecular flexibility index (Phi) is 6.76. The van der Waals surface area contributed by atoms with E-state index >= 15 is 0 Å². The first-order valence-electron chi connectivity index (χ1n) is 10.8. The van der Waals surface area contributed by atoms with Gasteiger partial charge in [0.15, 0.2) is 5.82 Å². The minimum absolute atomic E-state index is 0.0972. The number of nitrogens with zero attached hydrogens (tertiary/aromatic N) is 3.